The number of nitrogens with one attached hydrogen (secondary N) is 1. The predicted octanol–water partition coefficient (Wildman–Crippen LogP) is 2.50. The highest BCUT2D eigenvalue weighted by Crippen LogP contribution is 2.19. The van der Waals surface area contributed by atoms with Gasteiger partial charge in [0.15, 0.2) is 0 Å². The van der Waals surface area contributed by atoms with Gasteiger partial charge in [-0.3, -0.25) is 4.98 Å². The number of rotatable bonds is 3. The second-order valence-corrected chi connectivity index (χ2v) is 6.95. The molecule has 0 bridgehead atoms. The van der Waals surface area contributed by atoms with Crippen LogP contribution in [0.15, 0.2) is 18.3 Å². The normalized spacial score (nSPS) is 15.9. The van der Waals surface area contributed by atoms with Crippen molar-refractivity contribution in [2.45, 2.75) is 45.4 Å². The number of aromatic nitrogens is 1. The van der Waals surface area contributed by atoms with E-state index in [-0.39, 0.29) is 10.8 Å². The molecule has 0 radical (unpaired) electrons. The molecule has 0 amide bonds. The summed E-state index contributed by atoms with van der Waals surface area (Å²) in [5, 5.41) is 0. The summed E-state index contributed by atoms with van der Waals surface area (Å²) in [6.45, 7) is 9.81. The van der Waals surface area contributed by atoms with E-state index in [9.17, 15) is 4.55 Å². The molecule has 0 aliphatic heterocycles. The molecule has 0 fully saturated rings. The fraction of sp³-hybridized carbons (Fsp3) is 0.583. The van der Waals surface area contributed by atoms with E-state index in [4.69, 9.17) is 0 Å². The molecule has 0 aliphatic carbocycles. The number of pyridine rings is 1. The maximum atomic E-state index is 11.9. The van der Waals surface area contributed by atoms with Crippen molar-refractivity contribution in [3.05, 3.63) is 29.6 Å². The zero-order valence-electron chi connectivity index (χ0n) is 10.6. The van der Waals surface area contributed by atoms with Crippen LogP contribution in [0.25, 0.3) is 0 Å². The van der Waals surface area contributed by atoms with Gasteiger partial charge in [-0.15, -0.1) is 4.72 Å². The van der Waals surface area contributed by atoms with Crippen LogP contribution in [0.5, 0.6) is 0 Å². The zero-order valence-corrected chi connectivity index (χ0v) is 11.4. The van der Waals surface area contributed by atoms with E-state index in [1.165, 1.54) is 0 Å². The highest BCUT2D eigenvalue weighted by atomic mass is 32.2. The highest BCUT2D eigenvalue weighted by Gasteiger charge is 2.28. The quantitative estimate of drug-likeness (QED) is 0.826. The molecule has 3 nitrogen and oxygen atoms in total. The summed E-state index contributed by atoms with van der Waals surface area (Å²) >= 11 is -1.05. The Morgan fingerprint density at radius 1 is 1.38 bits per heavy atom. The molecule has 2 atom stereocenters. The summed E-state index contributed by atoms with van der Waals surface area (Å²) in [6, 6.07) is 4.03. The molecule has 0 saturated carbocycles. The number of aryl methyl sites for hydroxylation is 1. The first-order valence-corrected chi connectivity index (χ1v) is 6.56. The van der Waals surface area contributed by atoms with Crippen molar-refractivity contribution in [2.24, 2.45) is 0 Å². The summed E-state index contributed by atoms with van der Waals surface area (Å²) in [5.41, 5.74) is 2.05. The summed E-state index contributed by atoms with van der Waals surface area (Å²) in [7, 11) is 0. The first kappa shape index (κ1) is 13.5. The smallest absolute Gasteiger partial charge is 0.136 e. The van der Waals surface area contributed by atoms with Gasteiger partial charge < -0.3 is 4.55 Å². The molecule has 0 aliphatic rings. The minimum Gasteiger partial charge on any atom is -0.598 e. The minimum absolute atomic E-state index is 0.0492. The molecule has 1 aromatic heterocycles. The molecule has 1 rings (SSSR count). The first-order chi connectivity index (χ1) is 7.30. The Labute approximate surface area is 101 Å². The van der Waals surface area contributed by atoms with Gasteiger partial charge in [0.05, 0.1) is 6.04 Å². The van der Waals surface area contributed by atoms with E-state index in [0.717, 1.165) is 11.3 Å². The Bertz CT molecular complexity index is 332. The standard InChI is InChI=1S/C12H20N2OS/c1-9-6-7-11(8-13-9)10(2)14-16(15)12(3,4)5/h6-8,10,14H,1-5H3/t10?,16-/m0/s1. The average molecular weight is 240 g/mol. The van der Waals surface area contributed by atoms with Crippen molar-refractivity contribution in [1.82, 2.24) is 9.71 Å². The molecular weight excluding hydrogens is 220 g/mol. The molecule has 90 valence electrons. The Hall–Kier alpha value is -0.580. The molecule has 1 aromatic rings. The van der Waals surface area contributed by atoms with Crippen molar-refractivity contribution in [3.63, 3.8) is 0 Å². The monoisotopic (exact) mass is 240 g/mol. The van der Waals surface area contributed by atoms with Crippen molar-refractivity contribution in [1.29, 1.82) is 0 Å². The fourth-order valence-electron chi connectivity index (χ4n) is 1.14. The van der Waals surface area contributed by atoms with E-state index in [1.54, 1.807) is 0 Å². The van der Waals surface area contributed by atoms with E-state index in [0.29, 0.717) is 0 Å². The van der Waals surface area contributed by atoms with E-state index < -0.39 is 11.4 Å². The van der Waals surface area contributed by atoms with Crippen molar-refractivity contribution < 1.29 is 4.55 Å². The Balaban J connectivity index is 2.65. The lowest BCUT2D eigenvalue weighted by molar-refractivity contribution is 0.531. The molecule has 1 heterocycles. The molecule has 0 saturated heterocycles. The Morgan fingerprint density at radius 3 is 2.44 bits per heavy atom. The van der Waals surface area contributed by atoms with Gasteiger partial charge >= 0.3 is 0 Å². The third kappa shape index (κ3) is 3.77. The lowest BCUT2D eigenvalue weighted by atomic mass is 10.1. The van der Waals surface area contributed by atoms with Crippen LogP contribution >= 0.6 is 0 Å². The third-order valence-corrected chi connectivity index (χ3v) is 3.95. The van der Waals surface area contributed by atoms with Crippen LogP contribution in [0.2, 0.25) is 0 Å². The molecule has 16 heavy (non-hydrogen) atoms. The van der Waals surface area contributed by atoms with Gasteiger partial charge in [0, 0.05) is 23.3 Å². The number of hydrogen-bond donors (Lipinski definition) is 1. The van der Waals surface area contributed by atoms with Gasteiger partial charge in [0.25, 0.3) is 0 Å². The van der Waals surface area contributed by atoms with Gasteiger partial charge in [0.1, 0.15) is 4.75 Å². The minimum atomic E-state index is -1.05. The van der Waals surface area contributed by atoms with Crippen LogP contribution in [0.4, 0.5) is 0 Å². The van der Waals surface area contributed by atoms with Crippen LogP contribution in [0, 0.1) is 6.92 Å². The Kier molecular flexibility index (Phi) is 4.35. The number of hydrogen-bond acceptors (Lipinski definition) is 3. The lowest BCUT2D eigenvalue weighted by Crippen LogP contribution is -2.40. The molecule has 1 N–H and O–H groups in total. The topological polar surface area (TPSA) is 48.0 Å². The van der Waals surface area contributed by atoms with Gasteiger partial charge in [0.2, 0.25) is 0 Å². The average Bonchev–Trinajstić information content (AvgIpc) is 2.17. The SMILES string of the molecule is Cc1ccc(C(C)N[S@@+]([O-])C(C)(C)C)cn1. The lowest BCUT2D eigenvalue weighted by Gasteiger charge is -2.26. The molecule has 1 unspecified atom stereocenters. The highest BCUT2D eigenvalue weighted by molar-refractivity contribution is 7.90. The van der Waals surface area contributed by atoms with Gasteiger partial charge in [-0.05, 0) is 46.2 Å². The van der Waals surface area contributed by atoms with Crippen LogP contribution in [-0.4, -0.2) is 14.3 Å². The van der Waals surface area contributed by atoms with E-state index in [2.05, 4.69) is 9.71 Å². The summed E-state index contributed by atoms with van der Waals surface area (Å²) in [5.74, 6) is 0. The second-order valence-electron chi connectivity index (χ2n) is 4.95. The van der Waals surface area contributed by atoms with E-state index in [1.807, 2.05) is 52.9 Å². The van der Waals surface area contributed by atoms with Crippen LogP contribution in [0.3, 0.4) is 0 Å². The summed E-state index contributed by atoms with van der Waals surface area (Å²) < 4.78 is 14.7. The summed E-state index contributed by atoms with van der Waals surface area (Å²) in [4.78, 5) is 4.23. The van der Waals surface area contributed by atoms with Crippen LogP contribution < -0.4 is 4.72 Å². The van der Waals surface area contributed by atoms with Gasteiger partial charge in [-0.1, -0.05) is 6.07 Å². The molecule has 4 heteroatoms. The number of nitrogens with zero attached hydrogens (tertiary/aromatic N) is 1. The molecule has 0 spiro atoms. The second kappa shape index (κ2) is 5.17. The zero-order chi connectivity index (χ0) is 12.3. The fourth-order valence-corrected chi connectivity index (χ4v) is 1.95. The van der Waals surface area contributed by atoms with Gasteiger partial charge in [-0.2, -0.15) is 0 Å². The maximum Gasteiger partial charge on any atom is 0.136 e. The summed E-state index contributed by atoms with van der Waals surface area (Å²) in [6.07, 6.45) is 1.83. The maximum absolute atomic E-state index is 11.9. The van der Waals surface area contributed by atoms with Crippen molar-refractivity contribution in [2.75, 3.05) is 0 Å². The van der Waals surface area contributed by atoms with Crippen LogP contribution in [0.1, 0.15) is 45.0 Å². The van der Waals surface area contributed by atoms with Crippen molar-refractivity contribution >= 4 is 11.4 Å². The largest absolute Gasteiger partial charge is 0.598 e. The Morgan fingerprint density at radius 2 is 2.00 bits per heavy atom. The van der Waals surface area contributed by atoms with Crippen LogP contribution in [-0.2, 0) is 11.4 Å². The van der Waals surface area contributed by atoms with Gasteiger partial charge in [-0.25, -0.2) is 0 Å². The third-order valence-electron chi connectivity index (χ3n) is 2.27. The molecular formula is C12H20N2OS. The molecule has 0 aromatic carbocycles. The van der Waals surface area contributed by atoms with Crippen molar-refractivity contribution in [3.8, 4) is 0 Å². The van der Waals surface area contributed by atoms with E-state index >= 15 is 0 Å². The predicted molar refractivity (Wildman–Crippen MR) is 68.4 cm³/mol. The first-order valence-electron chi connectivity index (χ1n) is 5.41.